The van der Waals surface area contributed by atoms with E-state index in [0.717, 1.165) is 22.4 Å². The van der Waals surface area contributed by atoms with Gasteiger partial charge in [0.15, 0.2) is 0 Å². The maximum atomic E-state index is 12.9. The molecule has 0 spiro atoms. The first-order valence-corrected chi connectivity index (χ1v) is 12.4. The molecule has 4 rings (SSSR count). The van der Waals surface area contributed by atoms with E-state index in [1.807, 2.05) is 55.6 Å². The number of para-hydroxylation sites is 1. The second kappa shape index (κ2) is 9.80. The number of nitrogens with one attached hydrogen (secondary N) is 1. The van der Waals surface area contributed by atoms with Crippen LogP contribution in [-0.4, -0.2) is 24.1 Å². The summed E-state index contributed by atoms with van der Waals surface area (Å²) in [4.78, 5) is 12.9. The number of hydrogen-bond donors (Lipinski definition) is 2. The van der Waals surface area contributed by atoms with Gasteiger partial charge in [-0.1, -0.05) is 54.1 Å². The highest BCUT2D eigenvalue weighted by molar-refractivity contribution is 7.89. The summed E-state index contributed by atoms with van der Waals surface area (Å²) in [5.41, 5.74) is 3.96. The van der Waals surface area contributed by atoms with Gasteiger partial charge in [-0.25, -0.2) is 18.2 Å². The highest BCUT2D eigenvalue weighted by atomic mass is 35.5. The number of halogens is 1. The SMILES string of the molecule is C[C@H](NC(=O)Cc1cn(-c2ccccc2)nc1-c1ccc(Cl)cc1)c1ccc(S(N)(=O)=O)cc1. The summed E-state index contributed by atoms with van der Waals surface area (Å²) in [6, 6.07) is 22.8. The second-order valence-electron chi connectivity index (χ2n) is 7.87. The number of benzene rings is 3. The molecule has 1 atom stereocenters. The van der Waals surface area contributed by atoms with Crippen LogP contribution in [0.4, 0.5) is 0 Å². The molecule has 9 heteroatoms. The van der Waals surface area contributed by atoms with E-state index in [4.69, 9.17) is 21.8 Å². The number of nitrogens with zero attached hydrogens (tertiary/aromatic N) is 2. The van der Waals surface area contributed by atoms with Gasteiger partial charge in [0.1, 0.15) is 0 Å². The van der Waals surface area contributed by atoms with Gasteiger partial charge in [-0.05, 0) is 48.9 Å². The molecule has 0 aliphatic rings. The summed E-state index contributed by atoms with van der Waals surface area (Å²) in [5, 5.41) is 13.5. The zero-order valence-corrected chi connectivity index (χ0v) is 19.9. The first kappa shape index (κ1) is 23.7. The number of carbonyl (C=O) groups excluding carboxylic acids is 1. The van der Waals surface area contributed by atoms with Gasteiger partial charge in [-0.15, -0.1) is 0 Å². The molecule has 1 aromatic heterocycles. The van der Waals surface area contributed by atoms with Gasteiger partial charge in [0.05, 0.1) is 28.7 Å². The molecule has 0 bridgehead atoms. The zero-order chi connectivity index (χ0) is 24.3. The van der Waals surface area contributed by atoms with Crippen molar-refractivity contribution >= 4 is 27.5 Å². The first-order chi connectivity index (χ1) is 16.2. The minimum Gasteiger partial charge on any atom is -0.349 e. The minimum absolute atomic E-state index is 0.0238. The molecule has 0 saturated carbocycles. The Bertz CT molecular complexity index is 1400. The van der Waals surface area contributed by atoms with E-state index in [0.29, 0.717) is 10.7 Å². The number of rotatable bonds is 7. The fourth-order valence-electron chi connectivity index (χ4n) is 3.60. The number of aromatic nitrogens is 2. The Labute approximate surface area is 203 Å². The second-order valence-corrected chi connectivity index (χ2v) is 9.87. The van der Waals surface area contributed by atoms with E-state index in [1.54, 1.807) is 28.9 Å². The van der Waals surface area contributed by atoms with Crippen LogP contribution >= 0.6 is 11.6 Å². The van der Waals surface area contributed by atoms with E-state index in [2.05, 4.69) is 5.32 Å². The summed E-state index contributed by atoms with van der Waals surface area (Å²) in [7, 11) is -3.77. The van der Waals surface area contributed by atoms with E-state index in [-0.39, 0.29) is 23.3 Å². The number of hydrogen-bond acceptors (Lipinski definition) is 4. The molecule has 34 heavy (non-hydrogen) atoms. The average Bonchev–Trinajstić information content (AvgIpc) is 3.23. The Morgan fingerprint density at radius 1 is 1.03 bits per heavy atom. The van der Waals surface area contributed by atoms with E-state index < -0.39 is 10.0 Å². The molecule has 4 aromatic rings. The molecule has 0 radical (unpaired) electrons. The average molecular weight is 495 g/mol. The lowest BCUT2D eigenvalue weighted by atomic mass is 10.0. The Morgan fingerprint density at radius 3 is 2.29 bits per heavy atom. The largest absolute Gasteiger partial charge is 0.349 e. The molecule has 1 heterocycles. The van der Waals surface area contributed by atoms with Crippen LogP contribution in [0.2, 0.25) is 5.02 Å². The molecule has 0 fully saturated rings. The molecule has 0 saturated heterocycles. The van der Waals surface area contributed by atoms with Gasteiger partial charge in [0, 0.05) is 22.3 Å². The maximum Gasteiger partial charge on any atom is 0.238 e. The predicted molar refractivity (Wildman–Crippen MR) is 132 cm³/mol. The van der Waals surface area contributed by atoms with Gasteiger partial charge in [0.2, 0.25) is 15.9 Å². The lowest BCUT2D eigenvalue weighted by molar-refractivity contribution is -0.121. The summed E-state index contributed by atoms with van der Waals surface area (Å²) >= 11 is 6.04. The third-order valence-corrected chi connectivity index (χ3v) is 6.55. The molecule has 0 unspecified atom stereocenters. The molecule has 174 valence electrons. The summed E-state index contributed by atoms with van der Waals surface area (Å²) < 4.78 is 24.7. The maximum absolute atomic E-state index is 12.9. The fraction of sp³-hybridized carbons (Fsp3) is 0.120. The van der Waals surface area contributed by atoms with Crippen LogP contribution in [0.5, 0.6) is 0 Å². The predicted octanol–water partition coefficient (Wildman–Crippen LogP) is 4.26. The Balaban J connectivity index is 1.56. The quantitative estimate of drug-likeness (QED) is 0.400. The highest BCUT2D eigenvalue weighted by Gasteiger charge is 2.18. The Kier molecular flexibility index (Phi) is 6.83. The standard InChI is InChI=1S/C25H23ClN4O3S/c1-17(18-9-13-23(14-10-18)34(27,32)33)28-24(31)15-20-16-30(22-5-3-2-4-6-22)29-25(20)19-7-11-21(26)12-8-19/h2-14,16-17H,15H2,1H3,(H,28,31)(H2,27,32,33)/t17-/m0/s1. The molecule has 1 amide bonds. The Morgan fingerprint density at radius 2 is 1.68 bits per heavy atom. The minimum atomic E-state index is -3.77. The lowest BCUT2D eigenvalue weighted by Crippen LogP contribution is -2.28. The fourth-order valence-corrected chi connectivity index (χ4v) is 4.24. The van der Waals surface area contributed by atoms with Gasteiger partial charge in [-0.2, -0.15) is 5.10 Å². The van der Waals surface area contributed by atoms with Crippen LogP contribution in [0.3, 0.4) is 0 Å². The Hall–Kier alpha value is -3.46. The van der Waals surface area contributed by atoms with Crippen molar-refractivity contribution in [1.29, 1.82) is 0 Å². The number of nitrogens with two attached hydrogens (primary N) is 1. The monoisotopic (exact) mass is 494 g/mol. The molecule has 0 aliphatic heterocycles. The van der Waals surface area contributed by atoms with Crippen LogP contribution in [0.25, 0.3) is 16.9 Å². The van der Waals surface area contributed by atoms with E-state index >= 15 is 0 Å². The lowest BCUT2D eigenvalue weighted by Gasteiger charge is -2.15. The molecule has 0 aliphatic carbocycles. The number of sulfonamides is 1. The van der Waals surface area contributed by atoms with Crippen molar-refractivity contribution in [2.75, 3.05) is 0 Å². The molecule has 3 aromatic carbocycles. The van der Waals surface area contributed by atoms with Gasteiger partial charge >= 0.3 is 0 Å². The van der Waals surface area contributed by atoms with Crippen LogP contribution < -0.4 is 10.5 Å². The molecule has 3 N–H and O–H groups in total. The molecular weight excluding hydrogens is 472 g/mol. The van der Waals surface area contributed by atoms with Crippen molar-refractivity contribution in [3.8, 4) is 16.9 Å². The highest BCUT2D eigenvalue weighted by Crippen LogP contribution is 2.26. The number of carbonyl (C=O) groups is 1. The number of amides is 1. The van der Waals surface area contributed by atoms with Crippen LogP contribution in [-0.2, 0) is 21.2 Å². The van der Waals surface area contributed by atoms with Crippen molar-refractivity contribution in [2.45, 2.75) is 24.3 Å². The normalized spacial score (nSPS) is 12.3. The van der Waals surface area contributed by atoms with Crippen molar-refractivity contribution in [3.05, 3.63) is 101 Å². The smallest absolute Gasteiger partial charge is 0.238 e. The molecular formula is C25H23ClN4O3S. The van der Waals surface area contributed by atoms with Gasteiger partial charge in [-0.3, -0.25) is 4.79 Å². The van der Waals surface area contributed by atoms with Crippen LogP contribution in [0.15, 0.2) is 90.0 Å². The van der Waals surface area contributed by atoms with Crippen molar-refractivity contribution in [3.63, 3.8) is 0 Å². The van der Waals surface area contributed by atoms with Crippen LogP contribution in [0.1, 0.15) is 24.1 Å². The van der Waals surface area contributed by atoms with Crippen molar-refractivity contribution in [2.24, 2.45) is 5.14 Å². The zero-order valence-electron chi connectivity index (χ0n) is 18.4. The van der Waals surface area contributed by atoms with E-state index in [1.165, 1.54) is 12.1 Å². The third kappa shape index (κ3) is 5.53. The van der Waals surface area contributed by atoms with Crippen LogP contribution in [0, 0.1) is 0 Å². The first-order valence-electron chi connectivity index (χ1n) is 10.5. The van der Waals surface area contributed by atoms with Crippen molar-refractivity contribution in [1.82, 2.24) is 15.1 Å². The summed E-state index contributed by atoms with van der Waals surface area (Å²) in [6.45, 7) is 1.83. The van der Waals surface area contributed by atoms with Gasteiger partial charge < -0.3 is 5.32 Å². The number of primary sulfonamides is 1. The van der Waals surface area contributed by atoms with E-state index in [9.17, 15) is 13.2 Å². The third-order valence-electron chi connectivity index (χ3n) is 5.37. The topological polar surface area (TPSA) is 107 Å². The summed E-state index contributed by atoms with van der Waals surface area (Å²) in [5.74, 6) is -0.189. The molecule has 7 nitrogen and oxygen atoms in total. The van der Waals surface area contributed by atoms with Crippen molar-refractivity contribution < 1.29 is 13.2 Å². The van der Waals surface area contributed by atoms with Gasteiger partial charge in [0.25, 0.3) is 0 Å². The summed E-state index contributed by atoms with van der Waals surface area (Å²) in [6.07, 6.45) is 1.97.